The average Bonchev–Trinajstić information content (AvgIpc) is 2.66. The molecule has 6 heteroatoms. The van der Waals surface area contributed by atoms with Crippen LogP contribution in [0.4, 0.5) is 11.5 Å². The molecule has 1 aromatic rings. The van der Waals surface area contributed by atoms with Crippen LogP contribution in [-0.2, 0) is 0 Å². The number of rotatable bonds is 2. The van der Waals surface area contributed by atoms with E-state index in [1.165, 1.54) is 6.20 Å². The number of nitrogens with two attached hydrogens (primary N) is 1. The first-order valence-electron chi connectivity index (χ1n) is 4.89. The maximum atomic E-state index is 10.8. The highest BCUT2D eigenvalue weighted by Gasteiger charge is 2.38. The van der Waals surface area contributed by atoms with E-state index in [1.807, 2.05) is 0 Å². The minimum atomic E-state index is -0.472. The number of nitro groups is 1. The molecule has 0 aliphatic carbocycles. The third-order valence-electron chi connectivity index (χ3n) is 2.78. The molecule has 0 amide bonds. The minimum absolute atomic E-state index is 0.123. The summed E-state index contributed by atoms with van der Waals surface area (Å²) in [5, 5.41) is 10.8. The average molecular weight is 209 g/mol. The Morgan fingerprint density at radius 3 is 2.73 bits per heavy atom. The number of pyridine rings is 1. The normalized spacial score (nSPS) is 19.0. The van der Waals surface area contributed by atoms with Crippen LogP contribution in [0.25, 0.3) is 0 Å². The number of hydrogen-bond donors (Lipinski definition) is 1. The molecule has 1 saturated heterocycles. The van der Waals surface area contributed by atoms with E-state index in [1.54, 1.807) is 12.1 Å². The molecule has 0 atom stereocenters. The van der Waals surface area contributed by atoms with Gasteiger partial charge in [-0.1, -0.05) is 0 Å². The zero-order valence-corrected chi connectivity index (χ0v) is 8.30. The van der Waals surface area contributed by atoms with Crippen molar-refractivity contribution in [3.8, 4) is 0 Å². The predicted molar refractivity (Wildman–Crippen MR) is 55.8 cm³/mol. The van der Waals surface area contributed by atoms with Crippen molar-refractivity contribution in [3.05, 3.63) is 28.4 Å². The van der Waals surface area contributed by atoms with Crippen molar-refractivity contribution in [1.82, 2.24) is 9.58 Å². The summed E-state index contributed by atoms with van der Waals surface area (Å²) in [6.07, 6.45) is 3.43. The lowest BCUT2D eigenvalue weighted by atomic mass is 10.3. The highest BCUT2D eigenvalue weighted by atomic mass is 16.6. The second kappa shape index (κ2) is 3.56. The molecule has 0 spiro atoms. The summed E-state index contributed by atoms with van der Waals surface area (Å²) in [7, 11) is 0. The molecule has 1 fully saturated rings. The van der Waals surface area contributed by atoms with Gasteiger partial charge in [0.15, 0.2) is 0 Å². The third kappa shape index (κ3) is 1.69. The van der Waals surface area contributed by atoms with Crippen molar-refractivity contribution < 1.29 is 4.92 Å². The van der Waals surface area contributed by atoms with Gasteiger partial charge in [0.1, 0.15) is 19.3 Å². The smallest absolute Gasteiger partial charge is 0.358 e. The van der Waals surface area contributed by atoms with Gasteiger partial charge in [-0.2, -0.15) is 5.84 Å². The fraction of sp³-hybridized carbons (Fsp3) is 0.444. The molecule has 2 heterocycles. The summed E-state index contributed by atoms with van der Waals surface area (Å²) in [6.45, 7) is 1.49. The minimum Gasteiger partial charge on any atom is -0.358 e. The van der Waals surface area contributed by atoms with Gasteiger partial charge in [0.25, 0.3) is 5.69 Å². The summed E-state index contributed by atoms with van der Waals surface area (Å²) in [5.74, 6) is 5.99. The lowest BCUT2D eigenvalue weighted by Crippen LogP contribution is -2.53. The maximum Gasteiger partial charge on any atom is 0.427 e. The van der Waals surface area contributed by atoms with Gasteiger partial charge in [-0.05, 0) is 16.0 Å². The Bertz CT molecular complexity index is 387. The van der Waals surface area contributed by atoms with Crippen LogP contribution in [-0.4, -0.2) is 23.0 Å². The summed E-state index contributed by atoms with van der Waals surface area (Å²) in [5.41, 5.74) is 0.514. The third-order valence-corrected chi connectivity index (χ3v) is 2.78. The fourth-order valence-electron chi connectivity index (χ4n) is 2.02. The van der Waals surface area contributed by atoms with Crippen LogP contribution < -0.4 is 10.4 Å². The standard InChI is InChI=1S/C9H13N4O2/c10-13(6-1-2-7-13)8-4-3-5-11-9(8)12(14)15/h3-5H,1-2,6-7,10H2/q+1. The Hall–Kier alpha value is -1.53. The van der Waals surface area contributed by atoms with Crippen molar-refractivity contribution in [3.63, 3.8) is 0 Å². The van der Waals surface area contributed by atoms with E-state index in [4.69, 9.17) is 5.84 Å². The SMILES string of the molecule is N[N+]1(c2cccnc2[N+](=O)[O-])CCCC1. The molecular weight excluding hydrogens is 196 g/mol. The summed E-state index contributed by atoms with van der Waals surface area (Å²) >= 11 is 0. The molecule has 1 aliphatic rings. The van der Waals surface area contributed by atoms with Gasteiger partial charge >= 0.3 is 5.82 Å². The Balaban J connectivity index is 2.47. The van der Waals surface area contributed by atoms with E-state index < -0.39 is 4.92 Å². The van der Waals surface area contributed by atoms with E-state index in [0.29, 0.717) is 5.69 Å². The molecular formula is C9H13N4O2+. The van der Waals surface area contributed by atoms with Crippen molar-refractivity contribution in [2.24, 2.45) is 5.84 Å². The van der Waals surface area contributed by atoms with Crippen LogP contribution in [0.2, 0.25) is 0 Å². The van der Waals surface area contributed by atoms with Gasteiger partial charge in [0.05, 0.1) is 0 Å². The van der Waals surface area contributed by atoms with Crippen molar-refractivity contribution >= 4 is 11.5 Å². The Morgan fingerprint density at radius 2 is 2.13 bits per heavy atom. The molecule has 0 radical (unpaired) electrons. The lowest BCUT2D eigenvalue weighted by Gasteiger charge is -2.25. The molecule has 1 aliphatic heterocycles. The number of nitrogens with zero attached hydrogens (tertiary/aromatic N) is 3. The predicted octanol–water partition coefficient (Wildman–Crippen LogP) is 0.965. The zero-order chi connectivity index (χ0) is 10.9. The first kappa shape index (κ1) is 10.0. The van der Waals surface area contributed by atoms with E-state index in [9.17, 15) is 10.1 Å². The van der Waals surface area contributed by atoms with Crippen molar-refractivity contribution in [1.29, 1.82) is 0 Å². The first-order chi connectivity index (χ1) is 7.13. The van der Waals surface area contributed by atoms with Gasteiger partial charge in [-0.3, -0.25) is 0 Å². The Morgan fingerprint density at radius 1 is 1.47 bits per heavy atom. The van der Waals surface area contributed by atoms with Gasteiger partial charge in [0, 0.05) is 18.9 Å². The molecule has 80 valence electrons. The van der Waals surface area contributed by atoms with E-state index >= 15 is 0 Å². The van der Waals surface area contributed by atoms with Gasteiger partial charge in [-0.15, -0.1) is 0 Å². The summed E-state index contributed by atoms with van der Waals surface area (Å²) in [4.78, 5) is 14.1. The zero-order valence-electron chi connectivity index (χ0n) is 8.30. The van der Waals surface area contributed by atoms with E-state index in [-0.39, 0.29) is 10.4 Å². The lowest BCUT2D eigenvalue weighted by molar-refractivity contribution is -0.389. The van der Waals surface area contributed by atoms with Crippen molar-refractivity contribution in [2.45, 2.75) is 12.8 Å². The Labute approximate surface area is 87.0 Å². The monoisotopic (exact) mass is 209 g/mol. The van der Waals surface area contributed by atoms with E-state index in [2.05, 4.69) is 4.98 Å². The number of aromatic nitrogens is 1. The largest absolute Gasteiger partial charge is 0.427 e. The van der Waals surface area contributed by atoms with Gasteiger partial charge in [-0.25, -0.2) is 4.59 Å². The number of hydrogen-bond acceptors (Lipinski definition) is 4. The second-order valence-corrected chi connectivity index (χ2v) is 3.79. The van der Waals surface area contributed by atoms with Crippen LogP contribution in [0.1, 0.15) is 12.8 Å². The summed E-state index contributed by atoms with van der Waals surface area (Å²) in [6, 6.07) is 3.38. The van der Waals surface area contributed by atoms with Crippen LogP contribution in [0.5, 0.6) is 0 Å². The first-order valence-corrected chi connectivity index (χ1v) is 4.89. The number of quaternary nitrogens is 1. The molecule has 2 rings (SSSR count). The molecule has 1 aromatic heterocycles. The fourth-order valence-corrected chi connectivity index (χ4v) is 2.02. The molecule has 0 saturated carbocycles. The van der Waals surface area contributed by atoms with Crippen LogP contribution in [0.3, 0.4) is 0 Å². The molecule has 15 heavy (non-hydrogen) atoms. The molecule has 0 bridgehead atoms. The quantitative estimate of drug-likeness (QED) is 0.340. The maximum absolute atomic E-state index is 10.8. The van der Waals surface area contributed by atoms with Crippen molar-refractivity contribution in [2.75, 3.05) is 13.1 Å². The Kier molecular flexibility index (Phi) is 2.37. The van der Waals surface area contributed by atoms with Gasteiger partial charge in [0.2, 0.25) is 0 Å². The molecule has 0 aromatic carbocycles. The van der Waals surface area contributed by atoms with E-state index in [0.717, 1.165) is 25.9 Å². The highest BCUT2D eigenvalue weighted by Crippen LogP contribution is 2.31. The van der Waals surface area contributed by atoms with Crippen LogP contribution in [0.15, 0.2) is 18.3 Å². The topological polar surface area (TPSA) is 82.0 Å². The molecule has 0 unspecified atom stereocenters. The second-order valence-electron chi connectivity index (χ2n) is 3.79. The molecule has 2 N–H and O–H groups in total. The molecule has 6 nitrogen and oxygen atoms in total. The summed E-state index contributed by atoms with van der Waals surface area (Å²) < 4.78 is 0.143. The van der Waals surface area contributed by atoms with Crippen LogP contribution >= 0.6 is 0 Å². The highest BCUT2D eigenvalue weighted by molar-refractivity contribution is 5.55. The van der Waals surface area contributed by atoms with Gasteiger partial charge < -0.3 is 10.1 Å². The van der Waals surface area contributed by atoms with Crippen LogP contribution in [0, 0.1) is 10.1 Å².